The molecule has 1 aliphatic heterocycles. The number of hydrogen-bond donors (Lipinski definition) is 2. The lowest BCUT2D eigenvalue weighted by atomic mass is 10.0. The van der Waals surface area contributed by atoms with Crippen molar-refractivity contribution in [2.75, 3.05) is 25.0 Å². The number of rotatable bonds is 5. The fraction of sp³-hybridized carbons (Fsp3) is 0.588. The van der Waals surface area contributed by atoms with Crippen LogP contribution in [0.25, 0.3) is 0 Å². The van der Waals surface area contributed by atoms with E-state index in [-0.39, 0.29) is 18.6 Å². The molecule has 0 radical (unpaired) electrons. The van der Waals surface area contributed by atoms with Crippen LogP contribution < -0.4 is 5.32 Å². The molecule has 2 rings (SSSR count). The molecule has 1 fully saturated rings. The quantitative estimate of drug-likeness (QED) is 0.876. The van der Waals surface area contributed by atoms with Gasteiger partial charge in [0.2, 0.25) is 0 Å². The molecule has 0 spiro atoms. The maximum atomic E-state index is 12.7. The van der Waals surface area contributed by atoms with Gasteiger partial charge in [-0.1, -0.05) is 13.8 Å². The molecular weight excluding hydrogens is 264 g/mol. The maximum absolute atomic E-state index is 12.7. The van der Waals surface area contributed by atoms with E-state index < -0.39 is 0 Å². The SMILES string of the molecule is CCCNc1ccc(C(=O)N2CCC(C)C2CO)c(C)c1. The van der Waals surface area contributed by atoms with Crippen LogP contribution in [0.1, 0.15) is 42.6 Å². The monoisotopic (exact) mass is 290 g/mol. The van der Waals surface area contributed by atoms with Crippen molar-refractivity contribution in [1.82, 2.24) is 4.90 Å². The molecule has 1 aromatic rings. The average Bonchev–Trinajstić information content (AvgIpc) is 2.85. The third kappa shape index (κ3) is 3.38. The Bertz CT molecular complexity index is 502. The van der Waals surface area contributed by atoms with E-state index in [1.165, 1.54) is 0 Å². The maximum Gasteiger partial charge on any atom is 0.254 e. The number of amides is 1. The number of anilines is 1. The highest BCUT2D eigenvalue weighted by Crippen LogP contribution is 2.26. The number of aliphatic hydroxyl groups excluding tert-OH is 1. The van der Waals surface area contributed by atoms with Crippen molar-refractivity contribution >= 4 is 11.6 Å². The Hall–Kier alpha value is -1.55. The molecule has 4 heteroatoms. The molecule has 1 heterocycles. The van der Waals surface area contributed by atoms with Crippen molar-refractivity contribution in [3.8, 4) is 0 Å². The Kier molecular flexibility index (Phi) is 5.23. The Morgan fingerprint density at radius 1 is 1.48 bits per heavy atom. The predicted octanol–water partition coefficient (Wildman–Crippen LogP) is 2.66. The summed E-state index contributed by atoms with van der Waals surface area (Å²) in [4.78, 5) is 14.5. The summed E-state index contributed by atoms with van der Waals surface area (Å²) in [5.41, 5.74) is 2.78. The van der Waals surface area contributed by atoms with Crippen molar-refractivity contribution in [2.24, 2.45) is 5.92 Å². The lowest BCUT2D eigenvalue weighted by molar-refractivity contribution is 0.0647. The number of aliphatic hydroxyl groups is 1. The second kappa shape index (κ2) is 6.94. The van der Waals surface area contributed by atoms with Crippen molar-refractivity contribution in [1.29, 1.82) is 0 Å². The second-order valence-electron chi connectivity index (χ2n) is 5.97. The van der Waals surface area contributed by atoms with Gasteiger partial charge in [-0.25, -0.2) is 0 Å². The zero-order chi connectivity index (χ0) is 15.4. The minimum atomic E-state index is -0.0465. The summed E-state index contributed by atoms with van der Waals surface area (Å²) in [7, 11) is 0. The lowest BCUT2D eigenvalue weighted by Gasteiger charge is -2.26. The van der Waals surface area contributed by atoms with Crippen LogP contribution in [0.15, 0.2) is 18.2 Å². The predicted molar refractivity (Wildman–Crippen MR) is 85.7 cm³/mol. The van der Waals surface area contributed by atoms with E-state index in [9.17, 15) is 9.90 Å². The standard InChI is InChI=1S/C17H26N2O2/c1-4-8-18-14-5-6-15(13(3)10-14)17(21)19-9-7-12(2)16(19)11-20/h5-6,10,12,16,18,20H,4,7-9,11H2,1-3H3. The fourth-order valence-electron chi connectivity index (χ4n) is 2.98. The minimum absolute atomic E-state index is 0.0398. The molecule has 4 nitrogen and oxygen atoms in total. The van der Waals surface area contributed by atoms with Crippen LogP contribution in [-0.2, 0) is 0 Å². The van der Waals surface area contributed by atoms with Gasteiger partial charge in [-0.2, -0.15) is 0 Å². The number of hydrogen-bond acceptors (Lipinski definition) is 3. The summed E-state index contributed by atoms with van der Waals surface area (Å²) in [6.45, 7) is 7.91. The van der Waals surface area contributed by atoms with Crippen molar-refractivity contribution in [2.45, 2.75) is 39.7 Å². The molecule has 0 aromatic heterocycles. The van der Waals surface area contributed by atoms with E-state index in [4.69, 9.17) is 0 Å². The molecule has 1 saturated heterocycles. The van der Waals surface area contributed by atoms with E-state index in [0.717, 1.165) is 42.7 Å². The minimum Gasteiger partial charge on any atom is -0.394 e. The van der Waals surface area contributed by atoms with Crippen LogP contribution in [0, 0.1) is 12.8 Å². The summed E-state index contributed by atoms with van der Waals surface area (Å²) < 4.78 is 0. The molecule has 1 amide bonds. The van der Waals surface area contributed by atoms with Crippen LogP contribution in [-0.4, -0.2) is 41.7 Å². The summed E-state index contributed by atoms with van der Waals surface area (Å²) in [6, 6.07) is 5.84. The number of benzene rings is 1. The second-order valence-corrected chi connectivity index (χ2v) is 5.97. The third-order valence-corrected chi connectivity index (χ3v) is 4.37. The molecule has 21 heavy (non-hydrogen) atoms. The number of aryl methyl sites for hydroxylation is 1. The number of carbonyl (C=O) groups excluding carboxylic acids is 1. The van der Waals surface area contributed by atoms with E-state index in [2.05, 4.69) is 19.2 Å². The first-order valence-corrected chi connectivity index (χ1v) is 7.84. The zero-order valence-electron chi connectivity index (χ0n) is 13.2. The molecule has 1 aromatic carbocycles. The zero-order valence-corrected chi connectivity index (χ0v) is 13.2. The number of carbonyl (C=O) groups is 1. The Balaban J connectivity index is 2.16. The summed E-state index contributed by atoms with van der Waals surface area (Å²) >= 11 is 0. The van der Waals surface area contributed by atoms with Gasteiger partial charge in [0.25, 0.3) is 5.91 Å². The smallest absolute Gasteiger partial charge is 0.254 e. The highest BCUT2D eigenvalue weighted by atomic mass is 16.3. The third-order valence-electron chi connectivity index (χ3n) is 4.37. The van der Waals surface area contributed by atoms with E-state index >= 15 is 0 Å². The first kappa shape index (κ1) is 15.8. The van der Waals surface area contributed by atoms with Gasteiger partial charge in [-0.15, -0.1) is 0 Å². The molecule has 2 atom stereocenters. The van der Waals surface area contributed by atoms with Crippen LogP contribution in [0.4, 0.5) is 5.69 Å². The van der Waals surface area contributed by atoms with Crippen molar-refractivity contribution in [3.63, 3.8) is 0 Å². The van der Waals surface area contributed by atoms with Crippen molar-refractivity contribution in [3.05, 3.63) is 29.3 Å². The number of nitrogens with zero attached hydrogens (tertiary/aromatic N) is 1. The molecule has 0 bridgehead atoms. The van der Waals surface area contributed by atoms with Gasteiger partial charge >= 0.3 is 0 Å². The normalized spacial score (nSPS) is 21.6. The van der Waals surface area contributed by atoms with Crippen LogP contribution >= 0.6 is 0 Å². The highest BCUT2D eigenvalue weighted by molar-refractivity contribution is 5.96. The van der Waals surface area contributed by atoms with Gasteiger partial charge in [0.15, 0.2) is 0 Å². The van der Waals surface area contributed by atoms with Crippen LogP contribution in [0.3, 0.4) is 0 Å². The van der Waals surface area contributed by atoms with Gasteiger partial charge in [0.05, 0.1) is 12.6 Å². The Morgan fingerprint density at radius 3 is 2.86 bits per heavy atom. The Labute approximate surface area is 127 Å². The fourth-order valence-corrected chi connectivity index (χ4v) is 2.98. The lowest BCUT2D eigenvalue weighted by Crippen LogP contribution is -2.40. The highest BCUT2D eigenvalue weighted by Gasteiger charge is 2.34. The first-order chi connectivity index (χ1) is 10.1. The van der Waals surface area contributed by atoms with Gasteiger partial charge in [-0.05, 0) is 49.4 Å². The van der Waals surface area contributed by atoms with Gasteiger partial charge in [-0.3, -0.25) is 4.79 Å². The van der Waals surface area contributed by atoms with Crippen molar-refractivity contribution < 1.29 is 9.90 Å². The molecular formula is C17H26N2O2. The van der Waals surface area contributed by atoms with Gasteiger partial charge in [0, 0.05) is 24.3 Å². The molecule has 1 aliphatic rings. The van der Waals surface area contributed by atoms with Gasteiger partial charge < -0.3 is 15.3 Å². The molecule has 0 saturated carbocycles. The van der Waals surface area contributed by atoms with Gasteiger partial charge in [0.1, 0.15) is 0 Å². The molecule has 2 N–H and O–H groups in total. The average molecular weight is 290 g/mol. The summed E-state index contributed by atoms with van der Waals surface area (Å²) in [5, 5.41) is 12.8. The van der Waals surface area contributed by atoms with E-state index in [1.54, 1.807) is 0 Å². The molecule has 0 aliphatic carbocycles. The summed E-state index contributed by atoms with van der Waals surface area (Å²) in [5.74, 6) is 0.405. The van der Waals surface area contributed by atoms with Crippen LogP contribution in [0.2, 0.25) is 0 Å². The van der Waals surface area contributed by atoms with E-state index in [1.807, 2.05) is 30.0 Å². The topological polar surface area (TPSA) is 52.6 Å². The summed E-state index contributed by atoms with van der Waals surface area (Å²) in [6.07, 6.45) is 2.04. The molecule has 2 unspecified atom stereocenters. The molecule has 116 valence electrons. The Morgan fingerprint density at radius 2 is 2.24 bits per heavy atom. The van der Waals surface area contributed by atoms with Crippen LogP contribution in [0.5, 0.6) is 0 Å². The number of likely N-dealkylation sites (tertiary alicyclic amines) is 1. The van der Waals surface area contributed by atoms with E-state index in [0.29, 0.717) is 5.92 Å². The largest absolute Gasteiger partial charge is 0.394 e. The number of nitrogens with one attached hydrogen (secondary N) is 1. The first-order valence-electron chi connectivity index (χ1n) is 7.84.